The summed E-state index contributed by atoms with van der Waals surface area (Å²) in [7, 11) is 0. The van der Waals surface area contributed by atoms with Crippen LogP contribution in [0.1, 0.15) is 12.0 Å². The second-order valence-electron chi connectivity index (χ2n) is 6.06. The van der Waals surface area contributed by atoms with Crippen molar-refractivity contribution >= 4 is 27.4 Å². The summed E-state index contributed by atoms with van der Waals surface area (Å²) in [5.41, 5.74) is 2.18. The standard InChI is InChI=1S/C17H19BrN6/c18-15-4-2-14(3-5-15)12-22-7-1-8-23(11-10-22)16-17-21-20-13-24(17)9-6-19-16/h2-6,9,13H,1,7-8,10-12H2. The Labute approximate surface area is 149 Å². The molecule has 0 spiro atoms. The van der Waals surface area contributed by atoms with E-state index in [0.29, 0.717) is 0 Å². The molecule has 4 rings (SSSR count). The van der Waals surface area contributed by atoms with E-state index in [-0.39, 0.29) is 0 Å². The number of anilines is 1. The van der Waals surface area contributed by atoms with Crippen LogP contribution in [0.5, 0.6) is 0 Å². The lowest BCUT2D eigenvalue weighted by atomic mass is 10.2. The molecule has 0 aliphatic carbocycles. The van der Waals surface area contributed by atoms with Gasteiger partial charge in [0.1, 0.15) is 6.33 Å². The van der Waals surface area contributed by atoms with Crippen molar-refractivity contribution in [1.82, 2.24) is 24.5 Å². The van der Waals surface area contributed by atoms with Gasteiger partial charge in [0.25, 0.3) is 0 Å². The minimum absolute atomic E-state index is 0.832. The largest absolute Gasteiger partial charge is 0.352 e. The van der Waals surface area contributed by atoms with Gasteiger partial charge in [0.05, 0.1) is 0 Å². The molecule has 0 saturated carbocycles. The summed E-state index contributed by atoms with van der Waals surface area (Å²) in [5.74, 6) is 0.931. The molecule has 3 aromatic rings. The van der Waals surface area contributed by atoms with Gasteiger partial charge in [-0.25, -0.2) is 4.98 Å². The average Bonchev–Trinajstić information content (AvgIpc) is 2.97. The van der Waals surface area contributed by atoms with Gasteiger partial charge in [-0.05, 0) is 24.1 Å². The van der Waals surface area contributed by atoms with Gasteiger partial charge in [-0.2, -0.15) is 0 Å². The first kappa shape index (κ1) is 15.5. The van der Waals surface area contributed by atoms with Gasteiger partial charge in [0.15, 0.2) is 5.82 Å². The zero-order chi connectivity index (χ0) is 16.4. The molecule has 2 aromatic heterocycles. The summed E-state index contributed by atoms with van der Waals surface area (Å²) >= 11 is 3.49. The second-order valence-corrected chi connectivity index (χ2v) is 6.97. The van der Waals surface area contributed by atoms with E-state index in [1.807, 2.05) is 16.8 Å². The number of halogens is 1. The quantitative estimate of drug-likeness (QED) is 0.692. The normalized spacial score (nSPS) is 16.5. The predicted octanol–water partition coefficient (Wildman–Crippen LogP) is 2.60. The van der Waals surface area contributed by atoms with Gasteiger partial charge >= 0.3 is 0 Å². The van der Waals surface area contributed by atoms with E-state index in [4.69, 9.17) is 0 Å². The zero-order valence-corrected chi connectivity index (χ0v) is 14.9. The molecule has 7 heteroatoms. The minimum Gasteiger partial charge on any atom is -0.352 e. The molecule has 0 amide bonds. The predicted molar refractivity (Wildman–Crippen MR) is 97.0 cm³/mol. The highest BCUT2D eigenvalue weighted by Crippen LogP contribution is 2.19. The fourth-order valence-corrected chi connectivity index (χ4v) is 3.42. The summed E-state index contributed by atoms with van der Waals surface area (Å²) in [6.07, 6.45) is 6.54. The number of hydrogen-bond acceptors (Lipinski definition) is 5. The zero-order valence-electron chi connectivity index (χ0n) is 13.3. The molecule has 1 aliphatic rings. The molecule has 0 unspecified atom stereocenters. The molecule has 124 valence electrons. The minimum atomic E-state index is 0.832. The number of rotatable bonds is 3. The highest BCUT2D eigenvalue weighted by Gasteiger charge is 2.19. The van der Waals surface area contributed by atoms with E-state index < -0.39 is 0 Å². The molecule has 0 atom stereocenters. The fourth-order valence-electron chi connectivity index (χ4n) is 3.16. The summed E-state index contributed by atoms with van der Waals surface area (Å²) < 4.78 is 3.05. The van der Waals surface area contributed by atoms with Crippen LogP contribution in [0, 0.1) is 0 Å². The third-order valence-electron chi connectivity index (χ3n) is 4.40. The number of aromatic nitrogens is 4. The van der Waals surface area contributed by atoms with Gasteiger partial charge in [0, 0.05) is 49.6 Å². The maximum absolute atomic E-state index is 4.54. The Kier molecular flexibility index (Phi) is 4.44. The molecule has 24 heavy (non-hydrogen) atoms. The highest BCUT2D eigenvalue weighted by atomic mass is 79.9. The smallest absolute Gasteiger partial charge is 0.203 e. The van der Waals surface area contributed by atoms with Crippen molar-refractivity contribution in [3.05, 3.63) is 53.0 Å². The van der Waals surface area contributed by atoms with Crippen LogP contribution in [0.25, 0.3) is 5.65 Å². The number of benzene rings is 1. The van der Waals surface area contributed by atoms with Crippen molar-refractivity contribution < 1.29 is 0 Å². The van der Waals surface area contributed by atoms with Gasteiger partial charge in [0.2, 0.25) is 5.65 Å². The van der Waals surface area contributed by atoms with E-state index in [0.717, 1.165) is 55.1 Å². The van der Waals surface area contributed by atoms with Crippen LogP contribution in [-0.2, 0) is 6.54 Å². The lowest BCUT2D eigenvalue weighted by molar-refractivity contribution is 0.285. The Morgan fingerprint density at radius 1 is 1.04 bits per heavy atom. The van der Waals surface area contributed by atoms with Gasteiger partial charge in [-0.15, -0.1) is 10.2 Å². The Bertz CT molecular complexity index is 815. The average molecular weight is 387 g/mol. The molecule has 1 saturated heterocycles. The molecular weight excluding hydrogens is 368 g/mol. The summed E-state index contributed by atoms with van der Waals surface area (Å²) in [6, 6.07) is 8.58. The van der Waals surface area contributed by atoms with Crippen LogP contribution in [0.4, 0.5) is 5.82 Å². The summed E-state index contributed by atoms with van der Waals surface area (Å²) in [5, 5.41) is 8.20. The first-order chi connectivity index (χ1) is 11.8. The van der Waals surface area contributed by atoms with Crippen molar-refractivity contribution in [3.63, 3.8) is 0 Å². The maximum atomic E-state index is 4.54. The monoisotopic (exact) mass is 386 g/mol. The topological polar surface area (TPSA) is 49.6 Å². The van der Waals surface area contributed by atoms with E-state index in [1.165, 1.54) is 5.56 Å². The van der Waals surface area contributed by atoms with E-state index in [1.54, 1.807) is 6.33 Å². The lowest BCUT2D eigenvalue weighted by Gasteiger charge is -2.22. The van der Waals surface area contributed by atoms with E-state index >= 15 is 0 Å². The van der Waals surface area contributed by atoms with E-state index in [2.05, 4.69) is 65.2 Å². The van der Waals surface area contributed by atoms with Crippen LogP contribution >= 0.6 is 15.9 Å². The number of nitrogens with zero attached hydrogens (tertiary/aromatic N) is 6. The summed E-state index contributed by atoms with van der Waals surface area (Å²) in [4.78, 5) is 9.37. The molecule has 3 heterocycles. The number of fused-ring (bicyclic) bond motifs is 1. The molecule has 1 aliphatic heterocycles. The maximum Gasteiger partial charge on any atom is 0.203 e. The van der Waals surface area contributed by atoms with E-state index in [9.17, 15) is 0 Å². The van der Waals surface area contributed by atoms with Gasteiger partial charge < -0.3 is 4.90 Å². The third kappa shape index (κ3) is 3.27. The molecule has 1 fully saturated rings. The van der Waals surface area contributed by atoms with Crippen LogP contribution in [-0.4, -0.2) is 50.7 Å². The van der Waals surface area contributed by atoms with Crippen molar-refractivity contribution in [2.45, 2.75) is 13.0 Å². The molecule has 0 bridgehead atoms. The van der Waals surface area contributed by atoms with Crippen molar-refractivity contribution in [1.29, 1.82) is 0 Å². The molecule has 0 N–H and O–H groups in total. The van der Waals surface area contributed by atoms with Crippen molar-refractivity contribution in [2.75, 3.05) is 31.1 Å². The first-order valence-corrected chi connectivity index (χ1v) is 8.95. The Morgan fingerprint density at radius 2 is 1.92 bits per heavy atom. The lowest BCUT2D eigenvalue weighted by Crippen LogP contribution is -2.31. The molecule has 0 radical (unpaired) electrons. The van der Waals surface area contributed by atoms with Crippen LogP contribution in [0.2, 0.25) is 0 Å². The third-order valence-corrected chi connectivity index (χ3v) is 4.93. The molecular formula is C17H19BrN6. The Balaban J connectivity index is 1.46. The van der Waals surface area contributed by atoms with Crippen LogP contribution in [0.15, 0.2) is 47.5 Å². The van der Waals surface area contributed by atoms with Crippen molar-refractivity contribution in [3.8, 4) is 0 Å². The van der Waals surface area contributed by atoms with Gasteiger partial charge in [-0.1, -0.05) is 28.1 Å². The first-order valence-electron chi connectivity index (χ1n) is 8.16. The van der Waals surface area contributed by atoms with Crippen molar-refractivity contribution in [2.24, 2.45) is 0 Å². The Hall–Kier alpha value is -1.99. The van der Waals surface area contributed by atoms with Crippen LogP contribution in [0.3, 0.4) is 0 Å². The number of hydrogen-bond donors (Lipinski definition) is 0. The molecule has 1 aromatic carbocycles. The summed E-state index contributed by atoms with van der Waals surface area (Å²) in [6.45, 7) is 5.06. The Morgan fingerprint density at radius 3 is 2.79 bits per heavy atom. The second kappa shape index (κ2) is 6.86. The van der Waals surface area contributed by atoms with Crippen LogP contribution < -0.4 is 4.90 Å². The fraction of sp³-hybridized carbons (Fsp3) is 0.353. The molecule has 6 nitrogen and oxygen atoms in total. The van der Waals surface area contributed by atoms with Gasteiger partial charge in [-0.3, -0.25) is 9.30 Å². The highest BCUT2D eigenvalue weighted by molar-refractivity contribution is 9.10. The SMILES string of the molecule is Brc1ccc(CN2CCCN(c3nccn4cnnc34)CC2)cc1.